The number of hydrogen-bond acceptors (Lipinski definition) is 7. The lowest BCUT2D eigenvalue weighted by Gasteiger charge is -2.35. The van der Waals surface area contributed by atoms with Crippen LogP contribution in [0.5, 0.6) is 11.5 Å². The van der Waals surface area contributed by atoms with Crippen molar-refractivity contribution in [2.75, 3.05) is 12.4 Å². The van der Waals surface area contributed by atoms with E-state index >= 15 is 0 Å². The van der Waals surface area contributed by atoms with Gasteiger partial charge in [0.2, 0.25) is 0 Å². The highest BCUT2D eigenvalue weighted by atomic mass is 32.2. The van der Waals surface area contributed by atoms with Gasteiger partial charge in [0.15, 0.2) is 6.61 Å². The molecule has 0 aromatic heterocycles. The van der Waals surface area contributed by atoms with Gasteiger partial charge in [0.1, 0.15) is 17.3 Å². The lowest BCUT2D eigenvalue weighted by Crippen LogP contribution is -2.63. The maximum atomic E-state index is 13.0. The van der Waals surface area contributed by atoms with E-state index in [0.29, 0.717) is 0 Å². The Morgan fingerprint density at radius 3 is 1.79 bits per heavy atom. The molecule has 0 aliphatic rings. The van der Waals surface area contributed by atoms with E-state index in [-0.39, 0.29) is 11.5 Å². The van der Waals surface area contributed by atoms with Crippen LogP contribution in [0.25, 0.3) is 0 Å². The first-order valence-electron chi connectivity index (χ1n) is 7.18. The molecule has 0 aliphatic heterocycles. The zero-order valence-electron chi connectivity index (χ0n) is 14.2. The van der Waals surface area contributed by atoms with E-state index in [2.05, 4.69) is 14.2 Å². The Hall–Kier alpha value is -2.55. The largest absolute Gasteiger partial charge is 0.482 e. The smallest absolute Gasteiger partial charge is 0.438 e. The Kier molecular flexibility index (Phi) is 7.13. The van der Waals surface area contributed by atoms with E-state index in [1.54, 1.807) is 0 Å². The molecule has 0 heterocycles. The second kappa shape index (κ2) is 8.44. The molecule has 15 heteroatoms. The van der Waals surface area contributed by atoms with Gasteiger partial charge in [0.05, 0.1) is 0 Å². The first-order valence-corrected chi connectivity index (χ1v) is 8.79. The fourth-order valence-corrected chi connectivity index (χ4v) is 2.76. The van der Waals surface area contributed by atoms with Gasteiger partial charge in [-0.25, -0.2) is 4.79 Å². The van der Waals surface area contributed by atoms with Crippen molar-refractivity contribution in [3.63, 3.8) is 0 Å². The van der Waals surface area contributed by atoms with E-state index in [4.69, 9.17) is 4.55 Å². The molecule has 0 saturated carbocycles. The average Bonchev–Trinajstić information content (AvgIpc) is 2.49. The van der Waals surface area contributed by atoms with Gasteiger partial charge in [0.25, 0.3) is 10.1 Å². The molecule has 1 rings (SSSR count). The minimum Gasteiger partial charge on any atom is -0.482 e. The molecule has 1 aromatic carbocycles. The monoisotopic (exact) mass is 454 g/mol. The van der Waals surface area contributed by atoms with Crippen molar-refractivity contribution in [2.45, 2.75) is 24.9 Å². The number of benzene rings is 1. The maximum Gasteiger partial charge on any atom is 0.438 e. The average molecular weight is 454 g/mol. The Morgan fingerprint density at radius 1 is 0.966 bits per heavy atom. The molecule has 0 amide bonds. The second-order valence-corrected chi connectivity index (χ2v) is 6.83. The lowest BCUT2D eigenvalue weighted by molar-refractivity contribution is -0.361. The van der Waals surface area contributed by atoms with Gasteiger partial charge in [-0.15, -0.1) is 0 Å². The molecule has 8 nitrogen and oxygen atoms in total. The highest BCUT2D eigenvalue weighted by Crippen LogP contribution is 2.46. The van der Waals surface area contributed by atoms with Crippen LogP contribution in [0.15, 0.2) is 24.3 Å². The zero-order chi connectivity index (χ0) is 22.7. The van der Waals surface area contributed by atoms with Crippen LogP contribution in [-0.4, -0.2) is 55.2 Å². The van der Waals surface area contributed by atoms with Crippen molar-refractivity contribution in [3.8, 4) is 11.5 Å². The molecule has 164 valence electrons. The molecule has 1 aromatic rings. The van der Waals surface area contributed by atoms with E-state index in [9.17, 15) is 44.3 Å². The van der Waals surface area contributed by atoms with Crippen molar-refractivity contribution in [1.82, 2.24) is 0 Å². The van der Waals surface area contributed by atoms with Gasteiger partial charge in [-0.2, -0.15) is 34.8 Å². The van der Waals surface area contributed by atoms with Gasteiger partial charge in [-0.05, 0) is 24.3 Å². The van der Waals surface area contributed by atoms with Crippen LogP contribution in [0, 0.1) is 0 Å². The van der Waals surface area contributed by atoms with Crippen molar-refractivity contribution in [3.05, 3.63) is 24.3 Å². The molecular weight excluding hydrogens is 442 g/mol. The number of hydrogen-bond donors (Lipinski definition) is 1. The minimum absolute atomic E-state index is 0.0359. The standard InChI is InChI=1S/C14H12F6O8S/c1-8(21)27-10-4-2-9(3-5-10)26-6-11(22)28-12(13(15,16)17,14(18,19)20)7-29(23,24)25/h2-5H,6-7H2,1H3,(H,23,24,25). The topological polar surface area (TPSA) is 116 Å². The molecule has 0 bridgehead atoms. The third-order valence-electron chi connectivity index (χ3n) is 3.03. The summed E-state index contributed by atoms with van der Waals surface area (Å²) in [7, 11) is -5.88. The zero-order valence-corrected chi connectivity index (χ0v) is 15.0. The Bertz CT molecular complexity index is 830. The number of carbonyl (C=O) groups is 2. The summed E-state index contributed by atoms with van der Waals surface area (Å²) in [6.07, 6.45) is -12.9. The normalized spacial score (nSPS) is 13.0. The number of alkyl halides is 6. The van der Waals surface area contributed by atoms with Gasteiger partial charge in [-0.3, -0.25) is 9.35 Å². The van der Waals surface area contributed by atoms with Crippen molar-refractivity contribution < 1.29 is 63.1 Å². The van der Waals surface area contributed by atoms with Crippen molar-refractivity contribution in [2.24, 2.45) is 0 Å². The number of ether oxygens (including phenoxy) is 3. The summed E-state index contributed by atoms with van der Waals surface area (Å²) in [4.78, 5) is 22.3. The summed E-state index contributed by atoms with van der Waals surface area (Å²) in [5.41, 5.74) is -5.51. The Morgan fingerprint density at radius 2 is 1.41 bits per heavy atom. The predicted molar refractivity (Wildman–Crippen MR) is 80.6 cm³/mol. The fourth-order valence-electron chi connectivity index (χ4n) is 1.86. The van der Waals surface area contributed by atoms with Gasteiger partial charge < -0.3 is 14.2 Å². The number of esters is 2. The molecule has 0 fully saturated rings. The molecule has 0 unspecified atom stereocenters. The van der Waals surface area contributed by atoms with E-state index in [1.165, 1.54) is 0 Å². The third kappa shape index (κ3) is 6.77. The van der Waals surface area contributed by atoms with Crippen LogP contribution in [-0.2, 0) is 24.4 Å². The van der Waals surface area contributed by atoms with Crippen LogP contribution in [0.2, 0.25) is 0 Å². The first-order chi connectivity index (χ1) is 13.0. The minimum atomic E-state index is -6.43. The summed E-state index contributed by atoms with van der Waals surface area (Å²) in [6, 6.07) is 4.45. The highest BCUT2D eigenvalue weighted by Gasteiger charge is 2.75. The molecule has 0 atom stereocenters. The molecule has 29 heavy (non-hydrogen) atoms. The number of halogens is 6. The van der Waals surface area contributed by atoms with Crippen LogP contribution in [0.4, 0.5) is 26.3 Å². The fraction of sp³-hybridized carbons (Fsp3) is 0.429. The van der Waals surface area contributed by atoms with E-state index < -0.39 is 52.4 Å². The van der Waals surface area contributed by atoms with Gasteiger partial charge in [0, 0.05) is 6.92 Å². The summed E-state index contributed by atoms with van der Waals surface area (Å²) >= 11 is 0. The van der Waals surface area contributed by atoms with Crippen LogP contribution in [0.3, 0.4) is 0 Å². The first kappa shape index (κ1) is 24.5. The Balaban J connectivity index is 2.99. The number of carbonyl (C=O) groups excluding carboxylic acids is 2. The van der Waals surface area contributed by atoms with Crippen LogP contribution < -0.4 is 9.47 Å². The van der Waals surface area contributed by atoms with Crippen LogP contribution >= 0.6 is 0 Å². The second-order valence-electron chi connectivity index (χ2n) is 5.38. The summed E-state index contributed by atoms with van der Waals surface area (Å²) in [5.74, 6) is -6.06. The summed E-state index contributed by atoms with van der Waals surface area (Å²) < 4.78 is 121. The molecule has 0 spiro atoms. The van der Waals surface area contributed by atoms with Crippen molar-refractivity contribution in [1.29, 1.82) is 0 Å². The molecule has 0 aliphatic carbocycles. The molecule has 1 N–H and O–H groups in total. The van der Waals surface area contributed by atoms with E-state index in [0.717, 1.165) is 31.2 Å². The van der Waals surface area contributed by atoms with Crippen LogP contribution in [0.1, 0.15) is 6.92 Å². The number of rotatable bonds is 7. The van der Waals surface area contributed by atoms with Gasteiger partial charge >= 0.3 is 29.9 Å². The highest BCUT2D eigenvalue weighted by molar-refractivity contribution is 7.85. The summed E-state index contributed by atoms with van der Waals surface area (Å²) in [6.45, 7) is -0.368. The van der Waals surface area contributed by atoms with Crippen molar-refractivity contribution >= 4 is 22.1 Å². The lowest BCUT2D eigenvalue weighted by atomic mass is 10.1. The predicted octanol–water partition coefficient (Wildman–Crippen LogP) is 2.29. The Labute approximate surface area is 159 Å². The molecular formula is C14H12F6O8S. The van der Waals surface area contributed by atoms with Gasteiger partial charge in [-0.1, -0.05) is 0 Å². The molecule has 0 radical (unpaired) electrons. The molecule has 0 saturated heterocycles. The van der Waals surface area contributed by atoms with E-state index in [1.807, 2.05) is 0 Å². The maximum absolute atomic E-state index is 13.0. The SMILES string of the molecule is CC(=O)Oc1ccc(OCC(=O)OC(CS(=O)(=O)O)(C(F)(F)F)C(F)(F)F)cc1. The third-order valence-corrected chi connectivity index (χ3v) is 3.80. The summed E-state index contributed by atoms with van der Waals surface area (Å²) in [5, 5.41) is 0. The quantitative estimate of drug-likeness (QED) is 0.289.